The van der Waals surface area contributed by atoms with Crippen molar-refractivity contribution in [2.45, 2.75) is 0 Å². The topological polar surface area (TPSA) is 75.7 Å². The molecule has 0 N–H and O–H groups in total. The third-order valence-electron chi connectivity index (χ3n) is 4.19. The lowest BCUT2D eigenvalue weighted by atomic mass is 9.97. The van der Waals surface area contributed by atoms with Gasteiger partial charge in [-0.1, -0.05) is 6.07 Å². The van der Waals surface area contributed by atoms with Gasteiger partial charge in [-0.2, -0.15) is 5.26 Å². The van der Waals surface area contributed by atoms with Crippen LogP contribution in [0.4, 0.5) is 5.69 Å². The number of benzene rings is 2. The number of hydrogen-bond acceptors (Lipinski definition) is 6. The molecule has 0 aliphatic rings. The van der Waals surface area contributed by atoms with Gasteiger partial charge in [0.15, 0.2) is 11.5 Å². The van der Waals surface area contributed by atoms with E-state index in [2.05, 4.69) is 0 Å². The van der Waals surface area contributed by atoms with Gasteiger partial charge in [-0.15, -0.1) is 0 Å². The van der Waals surface area contributed by atoms with Gasteiger partial charge in [-0.25, -0.2) is 4.79 Å². The van der Waals surface area contributed by atoms with E-state index >= 15 is 0 Å². The van der Waals surface area contributed by atoms with Crippen molar-refractivity contribution in [3.05, 3.63) is 52.4 Å². The first-order valence-electron chi connectivity index (χ1n) is 7.90. The lowest BCUT2D eigenvalue weighted by Crippen LogP contribution is -2.10. The van der Waals surface area contributed by atoms with Crippen molar-refractivity contribution in [1.29, 1.82) is 5.26 Å². The Morgan fingerprint density at radius 1 is 1.04 bits per heavy atom. The summed E-state index contributed by atoms with van der Waals surface area (Å²) >= 11 is 0. The van der Waals surface area contributed by atoms with Gasteiger partial charge in [0.2, 0.25) is 0 Å². The molecule has 0 spiro atoms. The van der Waals surface area contributed by atoms with Gasteiger partial charge in [0.05, 0.1) is 14.2 Å². The molecule has 0 bridgehead atoms. The number of nitriles is 1. The smallest absolute Gasteiger partial charge is 0.354 e. The van der Waals surface area contributed by atoms with Gasteiger partial charge < -0.3 is 18.8 Å². The molecule has 132 valence electrons. The predicted octanol–water partition coefficient (Wildman–Crippen LogP) is 3.41. The van der Waals surface area contributed by atoms with Crippen molar-refractivity contribution >= 4 is 16.7 Å². The molecule has 0 fully saturated rings. The van der Waals surface area contributed by atoms with Crippen molar-refractivity contribution in [3.63, 3.8) is 0 Å². The summed E-state index contributed by atoms with van der Waals surface area (Å²) in [4.78, 5) is 14.3. The third kappa shape index (κ3) is 2.84. The van der Waals surface area contributed by atoms with Gasteiger partial charge in [-0.3, -0.25) is 0 Å². The molecule has 0 saturated carbocycles. The maximum atomic E-state index is 12.4. The van der Waals surface area contributed by atoms with Crippen LogP contribution in [0.25, 0.3) is 22.1 Å². The SMILES string of the molecule is COc1ccc(-c2c(C#N)c(=O)oc3cc(N(C)C)ccc23)cc1OC. The highest BCUT2D eigenvalue weighted by molar-refractivity contribution is 5.97. The maximum absolute atomic E-state index is 12.4. The first-order valence-corrected chi connectivity index (χ1v) is 7.90. The van der Waals surface area contributed by atoms with Crippen LogP contribution in [0.15, 0.2) is 45.6 Å². The Kier molecular flexibility index (Phi) is 4.55. The summed E-state index contributed by atoms with van der Waals surface area (Å²) in [6.45, 7) is 0. The molecular weight excluding hydrogens is 332 g/mol. The molecule has 6 heteroatoms. The Hall–Kier alpha value is -3.46. The fourth-order valence-corrected chi connectivity index (χ4v) is 2.86. The monoisotopic (exact) mass is 350 g/mol. The van der Waals surface area contributed by atoms with Gasteiger partial charge in [0, 0.05) is 36.8 Å². The van der Waals surface area contributed by atoms with Crippen molar-refractivity contribution in [1.82, 2.24) is 0 Å². The Morgan fingerprint density at radius 3 is 2.38 bits per heavy atom. The average molecular weight is 350 g/mol. The molecule has 6 nitrogen and oxygen atoms in total. The van der Waals surface area contributed by atoms with Crippen LogP contribution in [-0.4, -0.2) is 28.3 Å². The first-order chi connectivity index (χ1) is 12.5. The number of fused-ring (bicyclic) bond motifs is 1. The summed E-state index contributed by atoms with van der Waals surface area (Å²) in [6.07, 6.45) is 0. The standard InChI is InChI=1S/C20H18N2O4/c1-22(2)13-6-7-14-17(10-13)26-20(23)15(11-21)19(14)12-5-8-16(24-3)18(9-12)25-4/h5-10H,1-4H3. The number of ether oxygens (including phenoxy) is 2. The predicted molar refractivity (Wildman–Crippen MR) is 100 cm³/mol. The molecule has 3 aromatic rings. The normalized spacial score (nSPS) is 10.4. The van der Waals surface area contributed by atoms with E-state index in [9.17, 15) is 10.1 Å². The summed E-state index contributed by atoms with van der Waals surface area (Å²) in [5, 5.41) is 10.2. The van der Waals surface area contributed by atoms with Crippen molar-refractivity contribution in [2.24, 2.45) is 0 Å². The van der Waals surface area contributed by atoms with Crippen LogP contribution in [-0.2, 0) is 0 Å². The Bertz CT molecular complexity index is 1080. The minimum absolute atomic E-state index is 0.0395. The van der Waals surface area contributed by atoms with Crippen LogP contribution >= 0.6 is 0 Å². The molecule has 0 saturated heterocycles. The van der Waals surface area contributed by atoms with E-state index in [0.29, 0.717) is 33.6 Å². The van der Waals surface area contributed by atoms with Crippen LogP contribution in [0, 0.1) is 11.3 Å². The molecule has 2 aromatic carbocycles. The maximum Gasteiger partial charge on any atom is 0.354 e. The highest BCUT2D eigenvalue weighted by Gasteiger charge is 2.18. The quantitative estimate of drug-likeness (QED) is 0.671. The Labute approximate surface area is 150 Å². The van der Waals surface area contributed by atoms with Crippen molar-refractivity contribution < 1.29 is 13.9 Å². The molecule has 0 aliphatic heterocycles. The second-order valence-electron chi connectivity index (χ2n) is 5.90. The van der Waals surface area contributed by atoms with E-state index in [1.807, 2.05) is 37.2 Å². The van der Waals surface area contributed by atoms with E-state index < -0.39 is 5.63 Å². The largest absolute Gasteiger partial charge is 0.493 e. The summed E-state index contributed by atoms with van der Waals surface area (Å²) in [5.74, 6) is 1.08. The summed E-state index contributed by atoms with van der Waals surface area (Å²) in [7, 11) is 6.89. The summed E-state index contributed by atoms with van der Waals surface area (Å²) < 4.78 is 16.0. The number of anilines is 1. The van der Waals surface area contributed by atoms with E-state index in [1.165, 1.54) is 7.11 Å². The zero-order valence-electron chi connectivity index (χ0n) is 15.0. The molecule has 26 heavy (non-hydrogen) atoms. The van der Waals surface area contributed by atoms with E-state index in [-0.39, 0.29) is 5.56 Å². The lowest BCUT2D eigenvalue weighted by molar-refractivity contribution is 0.355. The third-order valence-corrected chi connectivity index (χ3v) is 4.19. The van der Waals surface area contributed by atoms with Crippen LogP contribution in [0.5, 0.6) is 11.5 Å². The van der Waals surface area contributed by atoms with Crippen LogP contribution in [0.1, 0.15) is 5.56 Å². The summed E-state index contributed by atoms with van der Waals surface area (Å²) in [5.41, 5.74) is 1.80. The van der Waals surface area contributed by atoms with E-state index in [0.717, 1.165) is 5.69 Å². The lowest BCUT2D eigenvalue weighted by Gasteiger charge is -2.15. The minimum atomic E-state index is -0.666. The van der Waals surface area contributed by atoms with Crippen LogP contribution < -0.4 is 20.0 Å². The fourth-order valence-electron chi connectivity index (χ4n) is 2.86. The highest BCUT2D eigenvalue weighted by atomic mass is 16.5. The zero-order valence-corrected chi connectivity index (χ0v) is 15.0. The highest BCUT2D eigenvalue weighted by Crippen LogP contribution is 2.37. The number of methoxy groups -OCH3 is 2. The molecule has 3 rings (SSSR count). The van der Waals surface area contributed by atoms with Gasteiger partial charge in [-0.05, 0) is 29.8 Å². The van der Waals surface area contributed by atoms with Gasteiger partial charge in [0.25, 0.3) is 0 Å². The van der Waals surface area contributed by atoms with Crippen LogP contribution in [0.3, 0.4) is 0 Å². The van der Waals surface area contributed by atoms with Crippen molar-refractivity contribution in [2.75, 3.05) is 33.2 Å². The van der Waals surface area contributed by atoms with Gasteiger partial charge in [0.1, 0.15) is 17.2 Å². The average Bonchev–Trinajstić information content (AvgIpc) is 2.65. The molecule has 0 aliphatic carbocycles. The van der Waals surface area contributed by atoms with Crippen LogP contribution in [0.2, 0.25) is 0 Å². The van der Waals surface area contributed by atoms with Gasteiger partial charge >= 0.3 is 5.63 Å². The number of hydrogen-bond donors (Lipinski definition) is 0. The molecule has 0 atom stereocenters. The fraction of sp³-hybridized carbons (Fsp3) is 0.200. The summed E-state index contributed by atoms with van der Waals surface area (Å²) in [6, 6.07) is 12.8. The molecule has 1 aromatic heterocycles. The molecule has 0 unspecified atom stereocenters. The second kappa shape index (κ2) is 6.81. The van der Waals surface area contributed by atoms with E-state index in [1.54, 1.807) is 31.4 Å². The Balaban J connectivity index is 2.37. The Morgan fingerprint density at radius 2 is 1.77 bits per heavy atom. The molecular formula is C20H18N2O4. The number of nitrogens with zero attached hydrogens (tertiary/aromatic N) is 2. The number of rotatable bonds is 4. The minimum Gasteiger partial charge on any atom is -0.493 e. The first kappa shape index (κ1) is 17.4. The second-order valence-corrected chi connectivity index (χ2v) is 5.90. The van der Waals surface area contributed by atoms with Crippen molar-refractivity contribution in [3.8, 4) is 28.7 Å². The van der Waals surface area contributed by atoms with E-state index in [4.69, 9.17) is 13.9 Å². The molecule has 0 radical (unpaired) electrons. The zero-order chi connectivity index (χ0) is 18.8. The molecule has 1 heterocycles. The molecule has 0 amide bonds.